The number of hydrogen-bond acceptors (Lipinski definition) is 4. The fourth-order valence-electron chi connectivity index (χ4n) is 2.07. The average molecular weight is 336 g/mol. The Bertz CT molecular complexity index is 489. The Morgan fingerprint density at radius 2 is 1.95 bits per heavy atom. The summed E-state index contributed by atoms with van der Waals surface area (Å²) in [6.07, 6.45) is 2.76. The van der Waals surface area contributed by atoms with Crippen molar-refractivity contribution in [3.8, 4) is 0 Å². The van der Waals surface area contributed by atoms with Gasteiger partial charge >= 0.3 is 0 Å². The smallest absolute Gasteiger partial charge is 0.147 e. The molecule has 20 heavy (non-hydrogen) atoms. The molecule has 1 aromatic rings. The van der Waals surface area contributed by atoms with E-state index in [1.165, 1.54) is 0 Å². The Kier molecular flexibility index (Phi) is 5.93. The summed E-state index contributed by atoms with van der Waals surface area (Å²) in [6, 6.07) is 1.98. The minimum absolute atomic E-state index is 0.276. The zero-order valence-corrected chi connectivity index (χ0v) is 13.7. The van der Waals surface area contributed by atoms with Crippen molar-refractivity contribution in [2.24, 2.45) is 0 Å². The first-order valence-corrected chi connectivity index (χ1v) is 9.06. The second kappa shape index (κ2) is 7.48. The van der Waals surface area contributed by atoms with Gasteiger partial charge in [-0.15, -0.1) is 0 Å². The van der Waals surface area contributed by atoms with Crippen LogP contribution in [0, 0.1) is 0 Å². The standard InChI is InChI=1S/C13H19Cl2N3OS/c1-2-5-16-12-10(14)8-11(15)13(18-12)17-9-3-6-20(19)7-4-9/h8-9H,2-7H2,1H3,(H2,16,17,18). The van der Waals surface area contributed by atoms with E-state index in [4.69, 9.17) is 23.2 Å². The zero-order valence-electron chi connectivity index (χ0n) is 11.4. The van der Waals surface area contributed by atoms with Gasteiger partial charge in [0.25, 0.3) is 0 Å². The number of nitrogens with zero attached hydrogens (tertiary/aromatic N) is 1. The van der Waals surface area contributed by atoms with Crippen molar-refractivity contribution in [2.75, 3.05) is 28.7 Å². The Morgan fingerprint density at radius 1 is 1.30 bits per heavy atom. The molecule has 0 saturated carbocycles. The van der Waals surface area contributed by atoms with Crippen molar-refractivity contribution in [3.05, 3.63) is 16.1 Å². The van der Waals surface area contributed by atoms with E-state index in [0.29, 0.717) is 21.7 Å². The minimum atomic E-state index is -0.663. The molecule has 0 unspecified atom stereocenters. The van der Waals surface area contributed by atoms with Gasteiger partial charge in [0.2, 0.25) is 0 Å². The van der Waals surface area contributed by atoms with Gasteiger partial charge in [-0.05, 0) is 25.3 Å². The molecular formula is C13H19Cl2N3OS. The molecule has 7 heteroatoms. The molecule has 0 atom stereocenters. The maximum Gasteiger partial charge on any atom is 0.147 e. The summed E-state index contributed by atoms with van der Waals surface area (Å²) >= 11 is 12.3. The molecule has 1 aromatic heterocycles. The van der Waals surface area contributed by atoms with Crippen LogP contribution >= 0.6 is 23.2 Å². The Hall–Kier alpha value is -0.520. The first-order valence-electron chi connectivity index (χ1n) is 6.81. The van der Waals surface area contributed by atoms with Crippen molar-refractivity contribution >= 4 is 45.6 Å². The van der Waals surface area contributed by atoms with Crippen molar-refractivity contribution in [3.63, 3.8) is 0 Å². The number of aromatic nitrogens is 1. The van der Waals surface area contributed by atoms with Crippen molar-refractivity contribution in [1.29, 1.82) is 0 Å². The average Bonchev–Trinajstić information content (AvgIpc) is 2.43. The van der Waals surface area contributed by atoms with Gasteiger partial charge in [0.1, 0.15) is 11.6 Å². The number of rotatable bonds is 5. The Balaban J connectivity index is 2.08. The molecule has 0 aliphatic carbocycles. The lowest BCUT2D eigenvalue weighted by molar-refractivity contribution is 0.622. The topological polar surface area (TPSA) is 54.0 Å². The lowest BCUT2D eigenvalue weighted by Crippen LogP contribution is -2.29. The van der Waals surface area contributed by atoms with Gasteiger partial charge in [-0.2, -0.15) is 0 Å². The van der Waals surface area contributed by atoms with Crippen LogP contribution in [0.4, 0.5) is 11.6 Å². The third-order valence-electron chi connectivity index (χ3n) is 3.20. The van der Waals surface area contributed by atoms with Crippen molar-refractivity contribution in [2.45, 2.75) is 32.2 Å². The number of nitrogens with one attached hydrogen (secondary N) is 2. The largest absolute Gasteiger partial charge is 0.369 e. The maximum atomic E-state index is 11.4. The predicted octanol–water partition coefficient (Wildman–Crippen LogP) is 3.53. The molecule has 2 heterocycles. The summed E-state index contributed by atoms with van der Waals surface area (Å²) in [4.78, 5) is 4.46. The van der Waals surface area contributed by atoms with Crippen LogP contribution in [0.25, 0.3) is 0 Å². The first kappa shape index (κ1) is 15.9. The summed E-state index contributed by atoms with van der Waals surface area (Å²) in [5.74, 6) is 2.78. The lowest BCUT2D eigenvalue weighted by Gasteiger charge is -2.24. The highest BCUT2D eigenvalue weighted by Gasteiger charge is 2.19. The van der Waals surface area contributed by atoms with Gasteiger partial charge in [-0.1, -0.05) is 30.1 Å². The van der Waals surface area contributed by atoms with Crippen LogP contribution in [0.5, 0.6) is 0 Å². The van der Waals surface area contributed by atoms with E-state index in [1.54, 1.807) is 6.07 Å². The highest BCUT2D eigenvalue weighted by atomic mass is 35.5. The molecule has 0 aromatic carbocycles. The molecule has 0 amide bonds. The molecule has 0 spiro atoms. The molecule has 1 fully saturated rings. The summed E-state index contributed by atoms with van der Waals surface area (Å²) in [5.41, 5.74) is 0. The van der Waals surface area contributed by atoms with E-state index in [1.807, 2.05) is 0 Å². The van der Waals surface area contributed by atoms with E-state index < -0.39 is 10.8 Å². The fourth-order valence-corrected chi connectivity index (χ4v) is 3.85. The van der Waals surface area contributed by atoms with Crippen molar-refractivity contribution < 1.29 is 4.21 Å². The van der Waals surface area contributed by atoms with Crippen LogP contribution in [-0.4, -0.2) is 33.3 Å². The summed E-state index contributed by atoms with van der Waals surface area (Å²) < 4.78 is 11.4. The van der Waals surface area contributed by atoms with E-state index >= 15 is 0 Å². The number of halogens is 2. The van der Waals surface area contributed by atoms with E-state index in [2.05, 4.69) is 22.5 Å². The molecule has 0 bridgehead atoms. The number of pyridine rings is 1. The molecule has 4 nitrogen and oxygen atoms in total. The summed E-state index contributed by atoms with van der Waals surface area (Å²) in [7, 11) is -0.663. The minimum Gasteiger partial charge on any atom is -0.369 e. The van der Waals surface area contributed by atoms with Gasteiger partial charge in [0.15, 0.2) is 0 Å². The van der Waals surface area contributed by atoms with Crippen LogP contribution in [0.15, 0.2) is 6.07 Å². The third kappa shape index (κ3) is 4.24. The lowest BCUT2D eigenvalue weighted by atomic mass is 10.1. The molecule has 0 radical (unpaired) electrons. The third-order valence-corrected chi connectivity index (χ3v) is 5.16. The highest BCUT2D eigenvalue weighted by Crippen LogP contribution is 2.30. The molecule has 1 aliphatic heterocycles. The van der Waals surface area contributed by atoms with Gasteiger partial charge in [0.05, 0.1) is 10.0 Å². The second-order valence-electron chi connectivity index (χ2n) is 4.84. The van der Waals surface area contributed by atoms with Crippen molar-refractivity contribution in [1.82, 2.24) is 4.98 Å². The highest BCUT2D eigenvalue weighted by molar-refractivity contribution is 7.85. The molecule has 1 saturated heterocycles. The second-order valence-corrected chi connectivity index (χ2v) is 7.35. The SMILES string of the molecule is CCCNc1nc(NC2CCS(=O)CC2)c(Cl)cc1Cl. The van der Waals surface area contributed by atoms with Crippen LogP contribution in [0.3, 0.4) is 0 Å². The Morgan fingerprint density at radius 3 is 2.60 bits per heavy atom. The Labute approximate surface area is 132 Å². The summed E-state index contributed by atoms with van der Waals surface area (Å²) in [5, 5.41) is 7.57. The van der Waals surface area contributed by atoms with Gasteiger partial charge in [0, 0.05) is 34.9 Å². The first-order chi connectivity index (χ1) is 9.60. The van der Waals surface area contributed by atoms with E-state index in [0.717, 1.165) is 37.3 Å². The van der Waals surface area contributed by atoms with E-state index in [9.17, 15) is 4.21 Å². The fraction of sp³-hybridized carbons (Fsp3) is 0.615. The molecule has 112 valence electrons. The molecular weight excluding hydrogens is 317 g/mol. The van der Waals surface area contributed by atoms with Crippen LogP contribution in [-0.2, 0) is 10.8 Å². The summed E-state index contributed by atoms with van der Waals surface area (Å²) in [6.45, 7) is 2.90. The predicted molar refractivity (Wildman–Crippen MR) is 87.6 cm³/mol. The zero-order chi connectivity index (χ0) is 14.5. The maximum absolute atomic E-state index is 11.4. The molecule has 1 aliphatic rings. The number of hydrogen-bond donors (Lipinski definition) is 2. The van der Waals surface area contributed by atoms with Gasteiger partial charge in [-0.25, -0.2) is 4.98 Å². The van der Waals surface area contributed by atoms with E-state index in [-0.39, 0.29) is 6.04 Å². The number of anilines is 2. The monoisotopic (exact) mass is 335 g/mol. The van der Waals surface area contributed by atoms with Crippen LogP contribution in [0.1, 0.15) is 26.2 Å². The van der Waals surface area contributed by atoms with Gasteiger partial charge < -0.3 is 10.6 Å². The normalized spacial score (nSPS) is 22.6. The van der Waals surface area contributed by atoms with Gasteiger partial charge in [-0.3, -0.25) is 4.21 Å². The van der Waals surface area contributed by atoms with Crippen LogP contribution in [0.2, 0.25) is 10.0 Å². The van der Waals surface area contributed by atoms with Crippen LogP contribution < -0.4 is 10.6 Å². The molecule has 2 rings (SSSR count). The quantitative estimate of drug-likeness (QED) is 0.864. The molecule has 2 N–H and O–H groups in total.